The lowest BCUT2D eigenvalue weighted by molar-refractivity contribution is 0.224. The molecule has 0 aliphatic rings. The monoisotopic (exact) mass is 378 g/mol. The minimum Gasteiger partial charge on any atom is -0.303 e. The van der Waals surface area contributed by atoms with Gasteiger partial charge in [0.05, 0.1) is 0 Å². The Kier molecular flexibility index (Phi) is 18.3. The third-order valence-electron chi connectivity index (χ3n) is 5.37. The molecule has 0 rings (SSSR count). The van der Waals surface area contributed by atoms with Gasteiger partial charge >= 0.3 is 0 Å². The average Bonchev–Trinajstić information content (AvgIpc) is 2.65. The summed E-state index contributed by atoms with van der Waals surface area (Å²) in [6.45, 7) is 25.0. The lowest BCUT2D eigenvalue weighted by Gasteiger charge is -2.26. The second kappa shape index (κ2) is 18.7. The number of rotatable bonds is 20. The molecule has 0 aliphatic heterocycles. The molecule has 0 bridgehead atoms. The van der Waals surface area contributed by atoms with Crippen molar-refractivity contribution in [1.82, 2.24) is 9.80 Å². The molecule has 27 heavy (non-hydrogen) atoms. The predicted octanol–water partition coefficient (Wildman–Crippen LogP) is 7.07. The van der Waals surface area contributed by atoms with Gasteiger partial charge in [-0.2, -0.15) is 0 Å². The molecule has 0 unspecified atom stereocenters. The summed E-state index contributed by atoms with van der Waals surface area (Å²) >= 11 is 0. The van der Waals surface area contributed by atoms with E-state index in [4.69, 9.17) is 0 Å². The first kappa shape index (κ1) is 26.4. The second-order valence-electron chi connectivity index (χ2n) is 8.24. The lowest BCUT2D eigenvalue weighted by atomic mass is 10.1. The van der Waals surface area contributed by atoms with E-state index in [1.54, 1.807) is 0 Å². The summed E-state index contributed by atoms with van der Waals surface area (Å²) in [5.74, 6) is 0. The Labute approximate surface area is 172 Å². The smallest absolute Gasteiger partial charge is 0.00185 e. The maximum Gasteiger partial charge on any atom is 0.00185 e. The van der Waals surface area contributed by atoms with Gasteiger partial charge in [0.1, 0.15) is 0 Å². The largest absolute Gasteiger partial charge is 0.303 e. The van der Waals surface area contributed by atoms with Gasteiger partial charge in [-0.1, -0.05) is 77.7 Å². The number of nitrogens with zero attached hydrogens (tertiary/aromatic N) is 2. The van der Waals surface area contributed by atoms with Crippen LogP contribution in [0.3, 0.4) is 0 Å². The van der Waals surface area contributed by atoms with Crippen LogP contribution in [0.25, 0.3) is 0 Å². The summed E-state index contributed by atoms with van der Waals surface area (Å²) in [6.07, 6.45) is 13.7. The van der Waals surface area contributed by atoms with E-state index in [9.17, 15) is 0 Å². The average molecular weight is 379 g/mol. The van der Waals surface area contributed by atoms with Crippen LogP contribution in [0, 0.1) is 0 Å². The molecule has 160 valence electrons. The zero-order chi connectivity index (χ0) is 20.3. The molecule has 2 nitrogen and oxygen atoms in total. The third kappa shape index (κ3) is 16.1. The highest BCUT2D eigenvalue weighted by molar-refractivity contribution is 4.95. The molecule has 0 aromatic carbocycles. The summed E-state index contributed by atoms with van der Waals surface area (Å²) in [5.41, 5.74) is 2.86. The molecule has 0 radical (unpaired) electrons. The van der Waals surface area contributed by atoms with Crippen molar-refractivity contribution in [2.75, 3.05) is 39.3 Å². The predicted molar refractivity (Wildman–Crippen MR) is 125 cm³/mol. The van der Waals surface area contributed by atoms with Crippen LogP contribution in [0.4, 0.5) is 0 Å². The van der Waals surface area contributed by atoms with E-state index >= 15 is 0 Å². The molecule has 0 aromatic heterocycles. The Balaban J connectivity index is 4.33. The van der Waals surface area contributed by atoms with Gasteiger partial charge in [-0.25, -0.2) is 0 Å². The Morgan fingerprint density at radius 1 is 0.481 bits per heavy atom. The number of unbranched alkanes of at least 4 members (excludes halogenated alkanes) is 2. The quantitative estimate of drug-likeness (QED) is 0.209. The minimum atomic E-state index is 1.17. The van der Waals surface area contributed by atoms with E-state index in [0.29, 0.717) is 0 Å². The summed E-state index contributed by atoms with van der Waals surface area (Å²) in [5, 5.41) is 0. The highest BCUT2D eigenvalue weighted by Gasteiger charge is 2.09. The van der Waals surface area contributed by atoms with Gasteiger partial charge in [-0.3, -0.25) is 0 Å². The van der Waals surface area contributed by atoms with Crippen molar-refractivity contribution in [3.8, 4) is 0 Å². The normalized spacial score (nSPS) is 11.5. The fourth-order valence-electron chi connectivity index (χ4n) is 3.54. The van der Waals surface area contributed by atoms with Crippen molar-refractivity contribution in [3.05, 3.63) is 24.3 Å². The minimum absolute atomic E-state index is 1.17. The van der Waals surface area contributed by atoms with Crippen LogP contribution in [-0.2, 0) is 0 Å². The van der Waals surface area contributed by atoms with Gasteiger partial charge in [-0.15, -0.1) is 0 Å². The maximum absolute atomic E-state index is 4.25. The van der Waals surface area contributed by atoms with Crippen LogP contribution in [0.1, 0.15) is 98.3 Å². The summed E-state index contributed by atoms with van der Waals surface area (Å²) in [7, 11) is 0. The zero-order valence-electron chi connectivity index (χ0n) is 19.3. The van der Waals surface area contributed by atoms with E-state index in [1.165, 1.54) is 121 Å². The molecule has 2 heteroatoms. The van der Waals surface area contributed by atoms with Crippen molar-refractivity contribution in [3.63, 3.8) is 0 Å². The molecule has 0 aliphatic carbocycles. The lowest BCUT2D eigenvalue weighted by Crippen LogP contribution is -2.32. The molecular weight excluding hydrogens is 328 g/mol. The molecule has 0 fully saturated rings. The van der Waals surface area contributed by atoms with E-state index < -0.39 is 0 Å². The van der Waals surface area contributed by atoms with Crippen molar-refractivity contribution in [1.29, 1.82) is 0 Å². The van der Waals surface area contributed by atoms with Gasteiger partial charge in [0, 0.05) is 13.1 Å². The van der Waals surface area contributed by atoms with Gasteiger partial charge in [0.15, 0.2) is 0 Å². The molecule has 0 aromatic rings. The topological polar surface area (TPSA) is 6.48 Å². The van der Waals surface area contributed by atoms with E-state index in [-0.39, 0.29) is 0 Å². The molecule has 0 N–H and O–H groups in total. The van der Waals surface area contributed by atoms with Gasteiger partial charge in [-0.05, 0) is 71.1 Å². The fraction of sp³-hybridized carbons (Fsp3) is 0.840. The SMILES string of the molecule is C=C(CCC)CCN(CCCC)CCCN(CCCC)CCC(=C)CCC. The Morgan fingerprint density at radius 3 is 1.19 bits per heavy atom. The Morgan fingerprint density at radius 2 is 0.852 bits per heavy atom. The molecule has 0 atom stereocenters. The van der Waals surface area contributed by atoms with Gasteiger partial charge < -0.3 is 9.80 Å². The van der Waals surface area contributed by atoms with Crippen LogP contribution in [-0.4, -0.2) is 49.1 Å². The number of hydrogen-bond acceptors (Lipinski definition) is 2. The molecule has 0 amide bonds. The first-order chi connectivity index (χ1) is 13.1. The molecule has 0 spiro atoms. The highest BCUT2D eigenvalue weighted by atomic mass is 15.1. The fourth-order valence-corrected chi connectivity index (χ4v) is 3.54. The Bertz CT molecular complexity index is 327. The standard InChI is InChI=1S/C25H50N2/c1-7-11-18-26(22-16-24(5)14-9-3)20-13-21-27(19-12-8-2)23-17-25(6)15-10-4/h5-23H2,1-4H3. The van der Waals surface area contributed by atoms with Crippen molar-refractivity contribution < 1.29 is 0 Å². The van der Waals surface area contributed by atoms with Crippen LogP contribution >= 0.6 is 0 Å². The molecule has 0 saturated heterocycles. The maximum atomic E-state index is 4.25. The van der Waals surface area contributed by atoms with Crippen molar-refractivity contribution >= 4 is 0 Å². The molecular formula is C25H50N2. The van der Waals surface area contributed by atoms with Crippen molar-refractivity contribution in [2.24, 2.45) is 0 Å². The Hall–Kier alpha value is -0.600. The van der Waals surface area contributed by atoms with E-state index in [1.807, 2.05) is 0 Å². The molecule has 0 heterocycles. The number of hydrogen-bond donors (Lipinski definition) is 0. The first-order valence-electron chi connectivity index (χ1n) is 11.8. The summed E-state index contributed by atoms with van der Waals surface area (Å²) < 4.78 is 0. The first-order valence-corrected chi connectivity index (χ1v) is 11.8. The zero-order valence-corrected chi connectivity index (χ0v) is 19.3. The van der Waals surface area contributed by atoms with Crippen molar-refractivity contribution in [2.45, 2.75) is 98.3 Å². The van der Waals surface area contributed by atoms with Crippen LogP contribution in [0.15, 0.2) is 24.3 Å². The third-order valence-corrected chi connectivity index (χ3v) is 5.37. The summed E-state index contributed by atoms with van der Waals surface area (Å²) in [4.78, 5) is 5.36. The highest BCUT2D eigenvalue weighted by Crippen LogP contribution is 2.11. The van der Waals surface area contributed by atoms with Gasteiger partial charge in [0.2, 0.25) is 0 Å². The van der Waals surface area contributed by atoms with E-state index in [2.05, 4.69) is 50.7 Å². The second-order valence-corrected chi connectivity index (χ2v) is 8.24. The van der Waals surface area contributed by atoms with Crippen LogP contribution in [0.5, 0.6) is 0 Å². The van der Waals surface area contributed by atoms with Crippen LogP contribution < -0.4 is 0 Å². The van der Waals surface area contributed by atoms with Crippen LogP contribution in [0.2, 0.25) is 0 Å². The van der Waals surface area contributed by atoms with E-state index in [0.717, 1.165) is 0 Å². The summed E-state index contributed by atoms with van der Waals surface area (Å²) in [6, 6.07) is 0. The van der Waals surface area contributed by atoms with Gasteiger partial charge in [0.25, 0.3) is 0 Å². The molecule has 0 saturated carbocycles.